The highest BCUT2D eigenvalue weighted by Gasteiger charge is 2.07. The first-order valence-corrected chi connectivity index (χ1v) is 10.0. The Morgan fingerprint density at radius 2 is 2.14 bits per heavy atom. The Kier molecular flexibility index (Phi) is 7.45. The summed E-state index contributed by atoms with van der Waals surface area (Å²) in [5.74, 6) is 2.19. The second kappa shape index (κ2) is 10.5. The van der Waals surface area contributed by atoms with Crippen LogP contribution in [0, 0.1) is 0 Å². The van der Waals surface area contributed by atoms with Crippen LogP contribution in [0.15, 0.2) is 63.6 Å². The second-order valence-corrected chi connectivity index (χ2v) is 7.08. The standard InChI is InChI=1S/C20H21N3O3S2/c1-2-24-19-11-15(7-8-18(19)26-14-17-6-4-10-28-17)12-22-23-20(27)21-13-16-5-3-9-25-16/h3-12H,2,13-14H2,1H3,(H2,21,23,27)/b22-12-. The summed E-state index contributed by atoms with van der Waals surface area (Å²) in [4.78, 5) is 1.16. The van der Waals surface area contributed by atoms with Crippen LogP contribution in [0.4, 0.5) is 0 Å². The van der Waals surface area contributed by atoms with Crippen molar-refractivity contribution in [2.75, 3.05) is 6.61 Å². The molecule has 2 heterocycles. The van der Waals surface area contributed by atoms with Crippen LogP contribution in [0.5, 0.6) is 11.5 Å². The maximum atomic E-state index is 5.88. The van der Waals surface area contributed by atoms with Gasteiger partial charge in [0.15, 0.2) is 16.6 Å². The van der Waals surface area contributed by atoms with Gasteiger partial charge < -0.3 is 19.2 Å². The average molecular weight is 416 g/mol. The number of thiophene rings is 1. The molecule has 0 aliphatic rings. The van der Waals surface area contributed by atoms with Crippen molar-refractivity contribution in [2.24, 2.45) is 5.10 Å². The number of nitrogens with one attached hydrogen (secondary N) is 2. The van der Waals surface area contributed by atoms with Gasteiger partial charge in [0.1, 0.15) is 12.4 Å². The quantitative estimate of drug-likeness (QED) is 0.308. The molecule has 2 N–H and O–H groups in total. The highest BCUT2D eigenvalue weighted by atomic mass is 32.1. The normalized spacial score (nSPS) is 10.8. The lowest BCUT2D eigenvalue weighted by Gasteiger charge is -2.12. The van der Waals surface area contributed by atoms with E-state index in [0.717, 1.165) is 16.2 Å². The number of nitrogens with zero attached hydrogens (tertiary/aromatic N) is 1. The molecule has 3 rings (SSSR count). The van der Waals surface area contributed by atoms with Crippen molar-refractivity contribution in [3.8, 4) is 11.5 Å². The largest absolute Gasteiger partial charge is 0.490 e. The van der Waals surface area contributed by atoms with E-state index in [1.807, 2.05) is 54.8 Å². The molecule has 0 fully saturated rings. The molecule has 2 aromatic heterocycles. The SMILES string of the molecule is CCOc1cc(/C=N\NC(=S)NCc2ccco2)ccc1OCc1cccs1. The van der Waals surface area contributed by atoms with Gasteiger partial charge in [-0.05, 0) is 66.5 Å². The molecular formula is C20H21N3O3S2. The molecule has 0 bridgehead atoms. The van der Waals surface area contributed by atoms with Gasteiger partial charge in [-0.2, -0.15) is 5.10 Å². The van der Waals surface area contributed by atoms with E-state index < -0.39 is 0 Å². The van der Waals surface area contributed by atoms with E-state index in [1.165, 1.54) is 0 Å². The summed E-state index contributed by atoms with van der Waals surface area (Å²) in [6, 6.07) is 13.4. The lowest BCUT2D eigenvalue weighted by molar-refractivity contribution is 0.271. The topological polar surface area (TPSA) is 68.0 Å². The summed E-state index contributed by atoms with van der Waals surface area (Å²) in [7, 11) is 0. The van der Waals surface area contributed by atoms with Gasteiger partial charge in [-0.3, -0.25) is 5.43 Å². The molecule has 0 saturated heterocycles. The van der Waals surface area contributed by atoms with Gasteiger partial charge in [-0.15, -0.1) is 11.3 Å². The molecule has 8 heteroatoms. The third kappa shape index (κ3) is 6.11. The molecule has 0 spiro atoms. The summed E-state index contributed by atoms with van der Waals surface area (Å²) < 4.78 is 16.8. The first kappa shape index (κ1) is 19.9. The van der Waals surface area contributed by atoms with E-state index in [9.17, 15) is 0 Å². The van der Waals surface area contributed by atoms with Crippen molar-refractivity contribution in [3.63, 3.8) is 0 Å². The van der Waals surface area contributed by atoms with Crippen molar-refractivity contribution in [1.82, 2.24) is 10.7 Å². The number of furan rings is 1. The van der Waals surface area contributed by atoms with Crippen LogP contribution >= 0.6 is 23.6 Å². The molecule has 6 nitrogen and oxygen atoms in total. The van der Waals surface area contributed by atoms with Gasteiger partial charge >= 0.3 is 0 Å². The molecule has 3 aromatic rings. The smallest absolute Gasteiger partial charge is 0.187 e. The molecular weight excluding hydrogens is 394 g/mol. The van der Waals surface area contributed by atoms with Gasteiger partial charge in [-0.1, -0.05) is 6.07 Å². The van der Waals surface area contributed by atoms with Crippen LogP contribution in [-0.2, 0) is 13.2 Å². The Morgan fingerprint density at radius 1 is 1.21 bits per heavy atom. The summed E-state index contributed by atoms with van der Waals surface area (Å²) in [5, 5.41) is 9.61. The van der Waals surface area contributed by atoms with Crippen molar-refractivity contribution >= 4 is 34.9 Å². The predicted molar refractivity (Wildman–Crippen MR) is 115 cm³/mol. The molecule has 28 heavy (non-hydrogen) atoms. The predicted octanol–water partition coefficient (Wildman–Crippen LogP) is 4.32. The molecule has 0 aliphatic carbocycles. The number of benzene rings is 1. The van der Waals surface area contributed by atoms with Crippen molar-refractivity contribution in [1.29, 1.82) is 0 Å². The van der Waals surface area contributed by atoms with Crippen LogP contribution in [0.2, 0.25) is 0 Å². The Labute approximate surface area is 173 Å². The molecule has 146 valence electrons. The zero-order chi connectivity index (χ0) is 19.6. The third-order valence-corrected chi connectivity index (χ3v) is 4.69. The lowest BCUT2D eigenvalue weighted by Crippen LogP contribution is -2.31. The monoisotopic (exact) mass is 415 g/mol. The highest BCUT2D eigenvalue weighted by molar-refractivity contribution is 7.80. The Bertz CT molecular complexity index is 894. The zero-order valence-corrected chi connectivity index (χ0v) is 17.0. The second-order valence-electron chi connectivity index (χ2n) is 5.64. The van der Waals surface area contributed by atoms with Crippen LogP contribution in [-0.4, -0.2) is 17.9 Å². The van der Waals surface area contributed by atoms with E-state index >= 15 is 0 Å². The minimum Gasteiger partial charge on any atom is -0.490 e. The number of thiocarbonyl (C=S) groups is 1. The van der Waals surface area contributed by atoms with Gasteiger partial charge in [0.25, 0.3) is 0 Å². The maximum Gasteiger partial charge on any atom is 0.187 e. The Balaban J connectivity index is 1.54. The van der Waals surface area contributed by atoms with E-state index in [2.05, 4.69) is 15.8 Å². The third-order valence-electron chi connectivity index (χ3n) is 3.60. The first-order chi connectivity index (χ1) is 13.7. The van der Waals surface area contributed by atoms with Crippen molar-refractivity contribution in [2.45, 2.75) is 20.1 Å². The fraction of sp³-hybridized carbons (Fsp3) is 0.200. The molecule has 0 amide bonds. The lowest BCUT2D eigenvalue weighted by atomic mass is 10.2. The van der Waals surface area contributed by atoms with E-state index in [4.69, 9.17) is 26.1 Å². The number of hydrazone groups is 1. The van der Waals surface area contributed by atoms with Crippen LogP contribution in [0.25, 0.3) is 0 Å². The van der Waals surface area contributed by atoms with Gasteiger partial charge in [0, 0.05) is 4.88 Å². The molecule has 0 atom stereocenters. The first-order valence-electron chi connectivity index (χ1n) is 8.76. The number of rotatable bonds is 9. The maximum absolute atomic E-state index is 5.88. The summed E-state index contributed by atoms with van der Waals surface area (Å²) in [6.45, 7) is 3.50. The highest BCUT2D eigenvalue weighted by Crippen LogP contribution is 2.29. The van der Waals surface area contributed by atoms with E-state index in [1.54, 1.807) is 23.8 Å². The Hall–Kier alpha value is -2.84. The fourth-order valence-corrected chi connectivity index (χ4v) is 3.06. The average Bonchev–Trinajstić information content (AvgIpc) is 3.40. The van der Waals surface area contributed by atoms with Gasteiger partial charge in [0.2, 0.25) is 0 Å². The van der Waals surface area contributed by atoms with E-state index in [-0.39, 0.29) is 0 Å². The molecule has 0 aliphatic heterocycles. The van der Waals surface area contributed by atoms with Crippen LogP contribution < -0.4 is 20.2 Å². The zero-order valence-electron chi connectivity index (χ0n) is 15.4. The summed E-state index contributed by atoms with van der Waals surface area (Å²) in [6.07, 6.45) is 3.29. The van der Waals surface area contributed by atoms with Crippen LogP contribution in [0.1, 0.15) is 23.1 Å². The van der Waals surface area contributed by atoms with Gasteiger partial charge in [-0.25, -0.2) is 0 Å². The Morgan fingerprint density at radius 3 is 2.89 bits per heavy atom. The summed E-state index contributed by atoms with van der Waals surface area (Å²) >= 11 is 6.84. The number of hydrogen-bond donors (Lipinski definition) is 2. The fourth-order valence-electron chi connectivity index (χ4n) is 2.32. The molecule has 0 unspecified atom stereocenters. The number of ether oxygens (including phenoxy) is 2. The number of hydrogen-bond acceptors (Lipinski definition) is 6. The van der Waals surface area contributed by atoms with Crippen LogP contribution in [0.3, 0.4) is 0 Å². The van der Waals surface area contributed by atoms with Crippen molar-refractivity contribution < 1.29 is 13.9 Å². The van der Waals surface area contributed by atoms with Crippen molar-refractivity contribution in [3.05, 3.63) is 70.3 Å². The molecule has 1 aromatic carbocycles. The molecule has 0 radical (unpaired) electrons. The van der Waals surface area contributed by atoms with Gasteiger partial charge in [0.05, 0.1) is 25.6 Å². The minimum absolute atomic E-state index is 0.411. The summed E-state index contributed by atoms with van der Waals surface area (Å²) in [5.41, 5.74) is 3.65. The molecule has 0 saturated carbocycles. The minimum atomic E-state index is 0.411. The van der Waals surface area contributed by atoms with E-state index in [0.29, 0.717) is 36.4 Å².